The highest BCUT2D eigenvalue weighted by molar-refractivity contribution is 5.87. The molecule has 0 amide bonds. The zero-order valence-corrected chi connectivity index (χ0v) is 17.8. The van der Waals surface area contributed by atoms with Crippen molar-refractivity contribution in [3.8, 4) is 0 Å². The SMILES string of the molecule is C=C(C)C(=O)O.C=C(C)C(=O)OC.C=C(C)C(=O)OCCO.C=CC(=O)OCC. The van der Waals surface area contributed by atoms with Gasteiger partial charge in [0.25, 0.3) is 0 Å². The standard InChI is InChI=1S/C6H10O3.2C5H8O2.C4H6O2/c1-5(2)6(8)9-4-3-7;1-4(2)5(6)7-3;1-3-5(6)7-4-2;1-3(2)4(5)6/h7H,1,3-4H2,2H3;1H2,2-3H3;3H,1,4H2,2H3;1H2,2H3,(H,5,6). The van der Waals surface area contributed by atoms with Crippen molar-refractivity contribution in [1.82, 2.24) is 0 Å². The lowest BCUT2D eigenvalue weighted by atomic mass is 10.4. The van der Waals surface area contributed by atoms with Crippen LogP contribution in [-0.4, -0.2) is 61.0 Å². The van der Waals surface area contributed by atoms with Crippen molar-refractivity contribution in [2.45, 2.75) is 27.7 Å². The summed E-state index contributed by atoms with van der Waals surface area (Å²) in [5, 5.41) is 16.1. The van der Waals surface area contributed by atoms with Crippen molar-refractivity contribution in [2.24, 2.45) is 0 Å². The monoisotopic (exact) mass is 416 g/mol. The molecule has 166 valence electrons. The van der Waals surface area contributed by atoms with E-state index in [-0.39, 0.29) is 30.7 Å². The van der Waals surface area contributed by atoms with Crippen LogP contribution in [0, 0.1) is 0 Å². The first-order chi connectivity index (χ1) is 13.3. The second-order valence-corrected chi connectivity index (χ2v) is 4.95. The topological polar surface area (TPSA) is 136 Å². The van der Waals surface area contributed by atoms with Crippen molar-refractivity contribution in [1.29, 1.82) is 0 Å². The first-order valence-corrected chi connectivity index (χ1v) is 8.17. The van der Waals surface area contributed by atoms with Gasteiger partial charge in [0.1, 0.15) is 6.61 Å². The van der Waals surface area contributed by atoms with Gasteiger partial charge in [-0.15, -0.1) is 0 Å². The molecule has 0 aromatic heterocycles. The minimum Gasteiger partial charge on any atom is -0.478 e. The van der Waals surface area contributed by atoms with Crippen LogP contribution in [0.4, 0.5) is 0 Å². The normalized spacial score (nSPS) is 7.93. The minimum absolute atomic E-state index is 0.0473. The largest absolute Gasteiger partial charge is 0.478 e. The number of hydrogen-bond donors (Lipinski definition) is 2. The maximum atomic E-state index is 10.5. The van der Waals surface area contributed by atoms with Crippen LogP contribution in [-0.2, 0) is 33.4 Å². The van der Waals surface area contributed by atoms with E-state index in [0.717, 1.165) is 6.08 Å². The van der Waals surface area contributed by atoms with Crippen molar-refractivity contribution in [3.05, 3.63) is 49.1 Å². The zero-order valence-electron chi connectivity index (χ0n) is 17.8. The summed E-state index contributed by atoms with van der Waals surface area (Å²) in [5.74, 6) is -2.10. The lowest BCUT2D eigenvalue weighted by Gasteiger charge is -1.99. The summed E-state index contributed by atoms with van der Waals surface area (Å²) < 4.78 is 13.2. The number of carboxylic acids is 1. The Bertz CT molecular complexity index is 561. The number of carbonyl (C=O) groups excluding carboxylic acids is 3. The third kappa shape index (κ3) is 32.9. The molecule has 0 bridgehead atoms. The van der Waals surface area contributed by atoms with Crippen LogP contribution < -0.4 is 0 Å². The van der Waals surface area contributed by atoms with Crippen molar-refractivity contribution in [2.75, 3.05) is 26.9 Å². The average Bonchev–Trinajstić information content (AvgIpc) is 2.66. The number of methoxy groups -OCH3 is 1. The lowest BCUT2D eigenvalue weighted by Crippen LogP contribution is -2.08. The van der Waals surface area contributed by atoms with Crippen LogP contribution in [0.5, 0.6) is 0 Å². The molecule has 0 rings (SSSR count). The van der Waals surface area contributed by atoms with Crippen molar-refractivity contribution in [3.63, 3.8) is 0 Å². The van der Waals surface area contributed by atoms with E-state index in [0.29, 0.717) is 17.8 Å². The summed E-state index contributed by atoms with van der Waals surface area (Å²) >= 11 is 0. The molecule has 0 fully saturated rings. The second-order valence-electron chi connectivity index (χ2n) is 4.95. The molecule has 0 atom stereocenters. The minimum atomic E-state index is -0.935. The van der Waals surface area contributed by atoms with Gasteiger partial charge in [-0.1, -0.05) is 26.3 Å². The first-order valence-electron chi connectivity index (χ1n) is 8.17. The summed E-state index contributed by atoms with van der Waals surface area (Å²) in [5.41, 5.74) is 0.959. The number of carboxylic acid groups (broad SMARTS) is 1. The van der Waals surface area contributed by atoms with Gasteiger partial charge in [0.2, 0.25) is 0 Å². The highest BCUT2D eigenvalue weighted by Gasteiger charge is 1.99. The fraction of sp³-hybridized carbons (Fsp3) is 0.400. The predicted molar refractivity (Wildman–Crippen MR) is 109 cm³/mol. The Hall–Kier alpha value is -3.20. The molecular weight excluding hydrogens is 384 g/mol. The molecule has 0 saturated heterocycles. The van der Waals surface area contributed by atoms with Crippen LogP contribution in [0.3, 0.4) is 0 Å². The molecule has 29 heavy (non-hydrogen) atoms. The molecule has 0 aliphatic heterocycles. The maximum absolute atomic E-state index is 10.5. The summed E-state index contributed by atoms with van der Waals surface area (Å²) in [6.07, 6.45) is 1.14. The third-order valence-electron chi connectivity index (χ3n) is 2.03. The molecule has 0 unspecified atom stereocenters. The number of ether oxygens (including phenoxy) is 3. The van der Waals surface area contributed by atoms with Crippen molar-refractivity contribution < 1.29 is 43.6 Å². The Labute approximate surface area is 172 Å². The Kier molecular flexibility index (Phi) is 26.3. The molecule has 2 N–H and O–H groups in total. The van der Waals surface area contributed by atoms with Gasteiger partial charge in [-0.25, -0.2) is 19.2 Å². The van der Waals surface area contributed by atoms with Gasteiger partial charge in [-0.05, 0) is 27.7 Å². The van der Waals surface area contributed by atoms with E-state index in [2.05, 4.69) is 40.5 Å². The molecule has 0 radical (unpaired) electrons. The van der Waals surface area contributed by atoms with E-state index in [1.54, 1.807) is 20.8 Å². The number of aliphatic hydroxyl groups is 1. The van der Waals surface area contributed by atoms with E-state index < -0.39 is 11.9 Å². The molecule has 0 spiro atoms. The molecular formula is C20H32O9. The molecule has 0 saturated carbocycles. The molecule has 0 aromatic carbocycles. The molecule has 0 aliphatic carbocycles. The molecule has 0 aromatic rings. The fourth-order valence-corrected chi connectivity index (χ4v) is 0.637. The van der Waals surface area contributed by atoms with Gasteiger partial charge >= 0.3 is 23.9 Å². The number of aliphatic carboxylic acids is 1. The quantitative estimate of drug-likeness (QED) is 0.363. The van der Waals surface area contributed by atoms with Crippen LogP contribution in [0.2, 0.25) is 0 Å². The number of rotatable bonds is 7. The summed E-state index contributed by atoms with van der Waals surface area (Å²) in [6.45, 7) is 19.7. The first kappa shape index (κ1) is 33.4. The molecule has 9 heteroatoms. The Balaban J connectivity index is -0.000000145. The number of aliphatic hydroxyl groups excluding tert-OH is 1. The van der Waals surface area contributed by atoms with E-state index in [4.69, 9.17) is 10.2 Å². The molecule has 0 aliphatic rings. The van der Waals surface area contributed by atoms with Crippen LogP contribution >= 0.6 is 0 Å². The Morgan fingerprint density at radius 2 is 1.31 bits per heavy atom. The average molecular weight is 416 g/mol. The number of hydrogen-bond acceptors (Lipinski definition) is 8. The third-order valence-corrected chi connectivity index (χ3v) is 2.03. The highest BCUT2D eigenvalue weighted by atomic mass is 16.5. The van der Waals surface area contributed by atoms with Crippen LogP contribution in [0.25, 0.3) is 0 Å². The van der Waals surface area contributed by atoms with Gasteiger partial charge in [0.15, 0.2) is 0 Å². The van der Waals surface area contributed by atoms with Gasteiger partial charge in [-0.2, -0.15) is 0 Å². The maximum Gasteiger partial charge on any atom is 0.333 e. The summed E-state index contributed by atoms with van der Waals surface area (Å²) in [7, 11) is 1.33. The summed E-state index contributed by atoms with van der Waals surface area (Å²) in [6, 6.07) is 0. The van der Waals surface area contributed by atoms with E-state index in [1.165, 1.54) is 14.0 Å². The summed E-state index contributed by atoms with van der Waals surface area (Å²) in [4.78, 5) is 40.3. The van der Waals surface area contributed by atoms with Gasteiger partial charge in [0, 0.05) is 22.8 Å². The van der Waals surface area contributed by atoms with Gasteiger partial charge in [0.05, 0.1) is 20.3 Å². The lowest BCUT2D eigenvalue weighted by molar-refractivity contribution is -0.140. The van der Waals surface area contributed by atoms with Gasteiger partial charge < -0.3 is 24.4 Å². The number of carbonyl (C=O) groups is 4. The van der Waals surface area contributed by atoms with E-state index in [9.17, 15) is 19.2 Å². The molecule has 0 heterocycles. The Morgan fingerprint density at radius 1 is 0.897 bits per heavy atom. The smallest absolute Gasteiger partial charge is 0.333 e. The second kappa shape index (κ2) is 22.8. The highest BCUT2D eigenvalue weighted by Crippen LogP contribution is 1.90. The fourth-order valence-electron chi connectivity index (χ4n) is 0.637. The van der Waals surface area contributed by atoms with E-state index >= 15 is 0 Å². The van der Waals surface area contributed by atoms with E-state index in [1.807, 2.05) is 0 Å². The van der Waals surface area contributed by atoms with Crippen LogP contribution in [0.15, 0.2) is 49.1 Å². The predicted octanol–water partition coefficient (Wildman–Crippen LogP) is 2.22. The molecule has 9 nitrogen and oxygen atoms in total. The van der Waals surface area contributed by atoms with Gasteiger partial charge in [-0.3, -0.25) is 0 Å². The Morgan fingerprint density at radius 3 is 1.45 bits per heavy atom. The zero-order chi connectivity index (χ0) is 24.0. The van der Waals surface area contributed by atoms with Crippen LogP contribution in [0.1, 0.15) is 27.7 Å². The number of esters is 3. The van der Waals surface area contributed by atoms with Crippen molar-refractivity contribution >= 4 is 23.9 Å².